The van der Waals surface area contributed by atoms with Crippen LogP contribution in [0.3, 0.4) is 0 Å². The summed E-state index contributed by atoms with van der Waals surface area (Å²) in [4.78, 5) is 30.9. The lowest BCUT2D eigenvalue weighted by atomic mass is 9.86. The van der Waals surface area contributed by atoms with Gasteiger partial charge in [0.15, 0.2) is 0 Å². The summed E-state index contributed by atoms with van der Waals surface area (Å²) in [7, 11) is 0. The maximum Gasteiger partial charge on any atom is 0.409 e. The van der Waals surface area contributed by atoms with Gasteiger partial charge in [-0.1, -0.05) is 6.42 Å². The molecule has 3 saturated heterocycles. The molecule has 3 heterocycles. The molecule has 0 unspecified atom stereocenters. The molecule has 8 nitrogen and oxygen atoms in total. The average molecular weight is 458 g/mol. The van der Waals surface area contributed by atoms with E-state index in [1.165, 1.54) is 32.4 Å². The molecule has 8 heteroatoms. The zero-order chi connectivity index (χ0) is 22.6. The zero-order valence-corrected chi connectivity index (χ0v) is 19.3. The molecule has 4 fully saturated rings. The fourth-order valence-corrected chi connectivity index (χ4v) is 5.35. The number of piperidine rings is 1. The normalized spacial score (nSPS) is 28.5. The van der Waals surface area contributed by atoms with Gasteiger partial charge in [-0.25, -0.2) is 4.79 Å². The standard InChI is InChI=1S/C25H35N3O5/c29-24-9-6-20(18-32-25(30)27-12-14-31-15-13-27)28(24)19-4-7-22(8-5-19)33-23-16-21(17-23)26-10-2-1-3-11-26/h4-5,7-8,20-21,23H,1-3,6,9-18H2/t20-,21-,23-/m0/s1. The van der Waals surface area contributed by atoms with Crippen LogP contribution >= 0.6 is 0 Å². The number of carbonyl (C=O) groups excluding carboxylic acids is 2. The summed E-state index contributed by atoms with van der Waals surface area (Å²) in [5, 5.41) is 0. The van der Waals surface area contributed by atoms with E-state index in [9.17, 15) is 9.59 Å². The first-order chi connectivity index (χ1) is 16.2. The summed E-state index contributed by atoms with van der Waals surface area (Å²) < 4.78 is 17.0. The molecule has 3 aliphatic heterocycles. The van der Waals surface area contributed by atoms with Gasteiger partial charge in [0.25, 0.3) is 0 Å². The second-order valence-electron chi connectivity index (χ2n) is 9.59. The molecule has 33 heavy (non-hydrogen) atoms. The Morgan fingerprint density at radius 3 is 2.45 bits per heavy atom. The third-order valence-corrected chi connectivity index (χ3v) is 7.39. The molecule has 0 aromatic heterocycles. The van der Waals surface area contributed by atoms with E-state index in [2.05, 4.69) is 4.90 Å². The highest BCUT2D eigenvalue weighted by Crippen LogP contribution is 2.33. The Morgan fingerprint density at radius 1 is 1.00 bits per heavy atom. The number of hydrogen-bond acceptors (Lipinski definition) is 6. The number of amides is 2. The fourth-order valence-electron chi connectivity index (χ4n) is 5.35. The zero-order valence-electron chi connectivity index (χ0n) is 19.3. The van der Waals surface area contributed by atoms with Gasteiger partial charge >= 0.3 is 6.09 Å². The van der Waals surface area contributed by atoms with Crippen LogP contribution in [0.15, 0.2) is 24.3 Å². The quantitative estimate of drug-likeness (QED) is 0.654. The van der Waals surface area contributed by atoms with E-state index in [-0.39, 0.29) is 30.8 Å². The predicted octanol–water partition coefficient (Wildman–Crippen LogP) is 3.05. The van der Waals surface area contributed by atoms with Crippen molar-refractivity contribution in [3.8, 4) is 5.75 Å². The van der Waals surface area contributed by atoms with Gasteiger partial charge in [0.2, 0.25) is 5.91 Å². The Labute approximate surface area is 195 Å². The van der Waals surface area contributed by atoms with Gasteiger partial charge in [-0.3, -0.25) is 4.79 Å². The summed E-state index contributed by atoms with van der Waals surface area (Å²) in [6.45, 7) is 4.85. The summed E-state index contributed by atoms with van der Waals surface area (Å²) in [5.74, 6) is 0.919. The Bertz CT molecular complexity index is 814. The van der Waals surface area contributed by atoms with Gasteiger partial charge in [-0.2, -0.15) is 0 Å². The molecule has 0 spiro atoms. The molecule has 5 rings (SSSR count). The van der Waals surface area contributed by atoms with Crippen molar-refractivity contribution < 1.29 is 23.8 Å². The van der Waals surface area contributed by atoms with Gasteiger partial charge in [0, 0.05) is 44.1 Å². The molecule has 0 bridgehead atoms. The number of benzene rings is 1. The van der Waals surface area contributed by atoms with Crippen LogP contribution in [0.5, 0.6) is 5.75 Å². The van der Waals surface area contributed by atoms with Crippen LogP contribution in [0.25, 0.3) is 0 Å². The maximum atomic E-state index is 12.6. The van der Waals surface area contributed by atoms with Crippen molar-refractivity contribution in [1.82, 2.24) is 9.80 Å². The lowest BCUT2D eigenvalue weighted by molar-refractivity contribution is -0.117. The summed E-state index contributed by atoms with van der Waals surface area (Å²) >= 11 is 0. The summed E-state index contributed by atoms with van der Waals surface area (Å²) in [5.41, 5.74) is 0.831. The fraction of sp³-hybridized carbons (Fsp3) is 0.680. The van der Waals surface area contributed by atoms with Crippen LogP contribution < -0.4 is 9.64 Å². The van der Waals surface area contributed by atoms with Crippen molar-refractivity contribution in [2.24, 2.45) is 0 Å². The highest BCUT2D eigenvalue weighted by molar-refractivity contribution is 5.96. The maximum absolute atomic E-state index is 12.6. The number of ether oxygens (including phenoxy) is 3. The van der Waals surface area contributed by atoms with E-state index in [0.717, 1.165) is 24.3 Å². The van der Waals surface area contributed by atoms with Crippen LogP contribution in [0.4, 0.5) is 10.5 Å². The molecule has 1 atom stereocenters. The molecule has 0 N–H and O–H groups in total. The van der Waals surface area contributed by atoms with E-state index in [0.29, 0.717) is 45.2 Å². The van der Waals surface area contributed by atoms with E-state index < -0.39 is 0 Å². The predicted molar refractivity (Wildman–Crippen MR) is 124 cm³/mol. The van der Waals surface area contributed by atoms with Crippen LogP contribution in [0.1, 0.15) is 44.9 Å². The average Bonchev–Trinajstić information content (AvgIpc) is 3.21. The SMILES string of the molecule is O=C(OC[C@@H]1CCC(=O)N1c1ccc(O[C@H]2C[C@H](N3CCCCC3)C2)cc1)N1CCOCC1. The number of rotatable bonds is 6. The van der Waals surface area contributed by atoms with Crippen LogP contribution in [0.2, 0.25) is 0 Å². The lowest BCUT2D eigenvalue weighted by Crippen LogP contribution is -2.50. The van der Waals surface area contributed by atoms with Crippen molar-refractivity contribution in [2.75, 3.05) is 50.9 Å². The molecular formula is C25H35N3O5. The number of hydrogen-bond donors (Lipinski definition) is 0. The minimum Gasteiger partial charge on any atom is -0.490 e. The largest absolute Gasteiger partial charge is 0.490 e. The first-order valence-electron chi connectivity index (χ1n) is 12.5. The molecular weight excluding hydrogens is 422 g/mol. The summed E-state index contributed by atoms with van der Waals surface area (Å²) in [6.07, 6.45) is 7.33. The molecule has 1 aromatic carbocycles. The van der Waals surface area contributed by atoms with E-state index in [1.54, 1.807) is 9.80 Å². The van der Waals surface area contributed by atoms with Gasteiger partial charge in [0.1, 0.15) is 18.5 Å². The topological polar surface area (TPSA) is 71.6 Å². The third-order valence-electron chi connectivity index (χ3n) is 7.39. The number of likely N-dealkylation sites (tertiary alicyclic amines) is 1. The van der Waals surface area contributed by atoms with E-state index in [1.807, 2.05) is 24.3 Å². The number of carbonyl (C=O) groups is 2. The Hall–Kier alpha value is -2.32. The molecule has 2 amide bonds. The molecule has 1 aromatic rings. The van der Waals surface area contributed by atoms with Gasteiger partial charge < -0.3 is 28.9 Å². The second-order valence-corrected chi connectivity index (χ2v) is 9.59. The Balaban J connectivity index is 1.11. The number of morpholine rings is 1. The minimum atomic E-state index is -0.329. The van der Waals surface area contributed by atoms with Gasteiger partial charge in [-0.05, 0) is 56.6 Å². The van der Waals surface area contributed by atoms with Crippen molar-refractivity contribution in [1.29, 1.82) is 0 Å². The first-order valence-corrected chi connectivity index (χ1v) is 12.5. The first kappa shape index (κ1) is 22.5. The van der Waals surface area contributed by atoms with Crippen molar-refractivity contribution in [3.63, 3.8) is 0 Å². The highest BCUT2D eigenvalue weighted by atomic mass is 16.6. The van der Waals surface area contributed by atoms with Gasteiger partial charge in [-0.15, -0.1) is 0 Å². The van der Waals surface area contributed by atoms with Crippen molar-refractivity contribution >= 4 is 17.7 Å². The second kappa shape index (κ2) is 10.3. The molecule has 180 valence electrons. The monoisotopic (exact) mass is 457 g/mol. The van der Waals surface area contributed by atoms with E-state index in [4.69, 9.17) is 14.2 Å². The smallest absolute Gasteiger partial charge is 0.409 e. The van der Waals surface area contributed by atoms with Crippen LogP contribution in [-0.4, -0.2) is 86.0 Å². The highest BCUT2D eigenvalue weighted by Gasteiger charge is 2.36. The third kappa shape index (κ3) is 5.27. The van der Waals surface area contributed by atoms with Crippen LogP contribution in [-0.2, 0) is 14.3 Å². The molecule has 4 aliphatic rings. The number of nitrogens with zero attached hydrogens (tertiary/aromatic N) is 3. The molecule has 1 aliphatic carbocycles. The summed E-state index contributed by atoms with van der Waals surface area (Å²) in [6, 6.07) is 8.33. The van der Waals surface area contributed by atoms with Crippen molar-refractivity contribution in [2.45, 2.75) is 63.1 Å². The van der Waals surface area contributed by atoms with E-state index >= 15 is 0 Å². The van der Waals surface area contributed by atoms with Gasteiger partial charge in [0.05, 0.1) is 19.3 Å². The van der Waals surface area contributed by atoms with Crippen LogP contribution in [0, 0.1) is 0 Å². The lowest BCUT2D eigenvalue weighted by Gasteiger charge is -2.44. The minimum absolute atomic E-state index is 0.0689. The number of anilines is 1. The molecule has 1 saturated carbocycles. The van der Waals surface area contributed by atoms with Crippen molar-refractivity contribution in [3.05, 3.63) is 24.3 Å². The molecule has 0 radical (unpaired) electrons. The Morgan fingerprint density at radius 2 is 1.73 bits per heavy atom. The Kier molecular flexibility index (Phi) is 7.02.